The molecular formula is C24H23BrFN7O. The van der Waals surface area contributed by atoms with Crippen LogP contribution in [0.2, 0.25) is 0 Å². The molecule has 0 spiro atoms. The summed E-state index contributed by atoms with van der Waals surface area (Å²) < 4.78 is 16.3. The van der Waals surface area contributed by atoms with Crippen LogP contribution in [-0.4, -0.2) is 72.7 Å². The standard InChI is InChI=1S/C24H23BrFN7O/c25-17-7-15(8-18(26)9-17)24(34)31-5-2-19(3-6-31)32-12-20(13-32)33-11-16(10-30-33)22-21-1-4-27-23(21)29-14-28-22/h1,4,7-11,14,19-20H,2-3,5-6,12-13H2,(H,27,28,29). The molecule has 1 aromatic carbocycles. The number of carbonyl (C=O) groups excluding carboxylic acids is 1. The van der Waals surface area contributed by atoms with E-state index in [-0.39, 0.29) is 5.91 Å². The van der Waals surface area contributed by atoms with E-state index in [4.69, 9.17) is 0 Å². The highest BCUT2D eigenvalue weighted by Crippen LogP contribution is 2.31. The Labute approximate surface area is 203 Å². The summed E-state index contributed by atoms with van der Waals surface area (Å²) >= 11 is 3.27. The van der Waals surface area contributed by atoms with Crippen molar-refractivity contribution >= 4 is 32.9 Å². The van der Waals surface area contributed by atoms with Gasteiger partial charge in [-0.25, -0.2) is 14.4 Å². The molecule has 3 aromatic heterocycles. The zero-order valence-corrected chi connectivity index (χ0v) is 19.9. The number of carbonyl (C=O) groups is 1. The van der Waals surface area contributed by atoms with Crippen LogP contribution in [-0.2, 0) is 0 Å². The number of hydrogen-bond acceptors (Lipinski definition) is 5. The predicted octanol–water partition coefficient (Wildman–Crippen LogP) is 3.88. The molecule has 4 aromatic rings. The first-order valence-corrected chi connectivity index (χ1v) is 12.2. The molecule has 2 aliphatic heterocycles. The maximum atomic E-state index is 13.7. The smallest absolute Gasteiger partial charge is 0.253 e. The van der Waals surface area contributed by atoms with E-state index in [0.29, 0.717) is 35.2 Å². The molecule has 174 valence electrons. The van der Waals surface area contributed by atoms with Crippen molar-refractivity contribution in [3.8, 4) is 11.3 Å². The molecule has 5 heterocycles. The van der Waals surface area contributed by atoms with E-state index in [1.54, 1.807) is 12.4 Å². The number of fused-ring (bicyclic) bond motifs is 1. The summed E-state index contributed by atoms with van der Waals surface area (Å²) in [6.07, 6.45) is 9.22. The van der Waals surface area contributed by atoms with Gasteiger partial charge in [0.25, 0.3) is 5.91 Å². The van der Waals surface area contributed by atoms with Gasteiger partial charge in [0.1, 0.15) is 17.8 Å². The second-order valence-corrected chi connectivity index (χ2v) is 9.88. The Bertz CT molecular complexity index is 1330. The SMILES string of the molecule is O=C(c1cc(F)cc(Br)c1)N1CCC(N2CC(n3cc(-c4ncnc5[nH]ccc45)cn3)C2)CC1. The van der Waals surface area contributed by atoms with E-state index in [1.807, 2.05) is 28.0 Å². The average Bonchev–Trinajstić information content (AvgIpc) is 3.47. The number of aromatic nitrogens is 5. The average molecular weight is 524 g/mol. The normalized spacial score (nSPS) is 17.9. The number of benzene rings is 1. The molecule has 0 radical (unpaired) electrons. The molecule has 2 aliphatic rings. The van der Waals surface area contributed by atoms with E-state index in [9.17, 15) is 9.18 Å². The van der Waals surface area contributed by atoms with Gasteiger partial charge in [-0.05, 0) is 37.1 Å². The fourth-order valence-corrected chi connectivity index (χ4v) is 5.48. The Balaban J connectivity index is 1.05. The highest BCUT2D eigenvalue weighted by atomic mass is 79.9. The van der Waals surface area contributed by atoms with Crippen molar-refractivity contribution in [2.24, 2.45) is 0 Å². The van der Waals surface area contributed by atoms with Crippen LogP contribution in [0.4, 0.5) is 4.39 Å². The van der Waals surface area contributed by atoms with Crippen LogP contribution in [0.3, 0.4) is 0 Å². The minimum Gasteiger partial charge on any atom is -0.346 e. The number of hydrogen-bond donors (Lipinski definition) is 1. The molecular weight excluding hydrogens is 501 g/mol. The summed E-state index contributed by atoms with van der Waals surface area (Å²) in [4.78, 5) is 28.9. The zero-order valence-electron chi connectivity index (χ0n) is 18.4. The van der Waals surface area contributed by atoms with Gasteiger partial charge in [-0.1, -0.05) is 15.9 Å². The van der Waals surface area contributed by atoms with Crippen LogP contribution < -0.4 is 0 Å². The van der Waals surface area contributed by atoms with Gasteiger partial charge in [0.2, 0.25) is 0 Å². The Morgan fingerprint density at radius 1 is 1.12 bits per heavy atom. The number of nitrogens with zero attached hydrogens (tertiary/aromatic N) is 6. The third kappa shape index (κ3) is 3.90. The number of likely N-dealkylation sites (tertiary alicyclic amines) is 2. The maximum absolute atomic E-state index is 13.7. The molecule has 1 N–H and O–H groups in total. The van der Waals surface area contributed by atoms with Crippen molar-refractivity contribution < 1.29 is 9.18 Å². The largest absolute Gasteiger partial charge is 0.346 e. The minimum absolute atomic E-state index is 0.106. The van der Waals surface area contributed by atoms with Crippen molar-refractivity contribution in [2.75, 3.05) is 26.2 Å². The quantitative estimate of drug-likeness (QED) is 0.438. The van der Waals surface area contributed by atoms with Crippen LogP contribution in [0, 0.1) is 5.82 Å². The lowest BCUT2D eigenvalue weighted by Crippen LogP contribution is -2.56. The van der Waals surface area contributed by atoms with Crippen LogP contribution >= 0.6 is 15.9 Å². The Hall–Kier alpha value is -3.11. The highest BCUT2D eigenvalue weighted by Gasteiger charge is 2.36. The van der Waals surface area contributed by atoms with Gasteiger partial charge in [-0.15, -0.1) is 0 Å². The Kier molecular flexibility index (Phi) is 5.41. The summed E-state index contributed by atoms with van der Waals surface area (Å²) in [5.41, 5.74) is 3.09. The zero-order chi connectivity index (χ0) is 23.2. The molecule has 6 rings (SSSR count). The molecule has 0 aliphatic carbocycles. The molecule has 0 saturated carbocycles. The number of H-pyrrole nitrogens is 1. The number of rotatable bonds is 4. The molecule has 2 saturated heterocycles. The first-order valence-electron chi connectivity index (χ1n) is 11.4. The molecule has 8 nitrogen and oxygen atoms in total. The minimum atomic E-state index is -0.404. The van der Waals surface area contributed by atoms with Gasteiger partial charge in [-0.3, -0.25) is 14.4 Å². The number of halogens is 2. The Morgan fingerprint density at radius 3 is 2.74 bits per heavy atom. The van der Waals surface area contributed by atoms with Gasteiger partial charge in [0, 0.05) is 65.6 Å². The van der Waals surface area contributed by atoms with Crippen molar-refractivity contribution in [2.45, 2.75) is 24.9 Å². The fraction of sp³-hybridized carbons (Fsp3) is 0.333. The van der Waals surface area contributed by atoms with Gasteiger partial charge in [-0.2, -0.15) is 5.10 Å². The molecule has 10 heteroatoms. The maximum Gasteiger partial charge on any atom is 0.253 e. The number of nitrogens with one attached hydrogen (secondary N) is 1. The van der Waals surface area contributed by atoms with Crippen LogP contribution in [0.5, 0.6) is 0 Å². The van der Waals surface area contributed by atoms with Crippen LogP contribution in [0.25, 0.3) is 22.3 Å². The monoisotopic (exact) mass is 523 g/mol. The summed E-state index contributed by atoms with van der Waals surface area (Å²) in [5, 5.41) is 5.59. The van der Waals surface area contributed by atoms with Crippen molar-refractivity contribution in [1.82, 2.24) is 34.5 Å². The number of amides is 1. The topological polar surface area (TPSA) is 82.9 Å². The second-order valence-electron chi connectivity index (χ2n) is 8.96. The lowest BCUT2D eigenvalue weighted by Gasteiger charge is -2.47. The first-order chi connectivity index (χ1) is 16.5. The molecule has 0 atom stereocenters. The fourth-order valence-electron chi connectivity index (χ4n) is 5.01. The summed E-state index contributed by atoms with van der Waals surface area (Å²) in [5.74, 6) is -0.510. The van der Waals surface area contributed by atoms with E-state index in [0.717, 1.165) is 48.2 Å². The van der Waals surface area contributed by atoms with Crippen molar-refractivity contribution in [3.05, 3.63) is 65.0 Å². The summed E-state index contributed by atoms with van der Waals surface area (Å²) in [6, 6.07) is 7.12. The Morgan fingerprint density at radius 2 is 1.94 bits per heavy atom. The number of aromatic amines is 1. The third-order valence-electron chi connectivity index (χ3n) is 6.87. The van der Waals surface area contributed by atoms with Gasteiger partial charge in [0.15, 0.2) is 0 Å². The predicted molar refractivity (Wildman–Crippen MR) is 129 cm³/mol. The van der Waals surface area contributed by atoms with Crippen LogP contribution in [0.15, 0.2) is 53.7 Å². The van der Waals surface area contributed by atoms with Gasteiger partial charge < -0.3 is 9.88 Å². The first kappa shape index (κ1) is 21.4. The van der Waals surface area contributed by atoms with Gasteiger partial charge >= 0.3 is 0 Å². The molecule has 0 bridgehead atoms. The van der Waals surface area contributed by atoms with Crippen LogP contribution in [0.1, 0.15) is 29.2 Å². The molecule has 0 unspecified atom stereocenters. The van der Waals surface area contributed by atoms with E-state index in [2.05, 4.69) is 47.1 Å². The van der Waals surface area contributed by atoms with Crippen molar-refractivity contribution in [3.63, 3.8) is 0 Å². The molecule has 34 heavy (non-hydrogen) atoms. The highest BCUT2D eigenvalue weighted by molar-refractivity contribution is 9.10. The lowest BCUT2D eigenvalue weighted by atomic mass is 9.97. The van der Waals surface area contributed by atoms with Gasteiger partial charge in [0.05, 0.1) is 17.9 Å². The molecule has 1 amide bonds. The summed E-state index contributed by atoms with van der Waals surface area (Å²) in [6.45, 7) is 3.26. The third-order valence-corrected chi connectivity index (χ3v) is 7.33. The van der Waals surface area contributed by atoms with Crippen molar-refractivity contribution in [1.29, 1.82) is 0 Å². The molecule has 2 fully saturated rings. The summed E-state index contributed by atoms with van der Waals surface area (Å²) in [7, 11) is 0. The second kappa shape index (κ2) is 8.59. The number of piperidine rings is 1. The van der Waals surface area contributed by atoms with E-state index in [1.165, 1.54) is 12.1 Å². The van der Waals surface area contributed by atoms with E-state index >= 15 is 0 Å². The van der Waals surface area contributed by atoms with E-state index < -0.39 is 5.82 Å². The lowest BCUT2D eigenvalue weighted by molar-refractivity contribution is 0.0198.